The van der Waals surface area contributed by atoms with Gasteiger partial charge >= 0.3 is 0 Å². The highest BCUT2D eigenvalue weighted by Gasteiger charge is 2.14. The molecule has 0 saturated heterocycles. The van der Waals surface area contributed by atoms with Crippen molar-refractivity contribution < 1.29 is 0 Å². The summed E-state index contributed by atoms with van der Waals surface area (Å²) in [6.45, 7) is 1.92. The molecule has 0 aliphatic carbocycles. The van der Waals surface area contributed by atoms with Crippen LogP contribution in [0.3, 0.4) is 0 Å². The van der Waals surface area contributed by atoms with E-state index < -0.39 is 0 Å². The molecule has 0 radical (unpaired) electrons. The molecule has 0 amide bonds. The van der Waals surface area contributed by atoms with Crippen LogP contribution in [0.2, 0.25) is 0 Å². The number of benzene rings is 1. The molecule has 5 heteroatoms. The lowest BCUT2D eigenvalue weighted by Gasteiger charge is -2.12. The molecule has 24 heavy (non-hydrogen) atoms. The maximum atomic E-state index is 13.2. The van der Waals surface area contributed by atoms with Crippen LogP contribution in [-0.2, 0) is 7.05 Å². The zero-order valence-electron chi connectivity index (χ0n) is 13.5. The average molecular weight is 316 g/mol. The summed E-state index contributed by atoms with van der Waals surface area (Å²) in [5.74, 6) is 0.628. The largest absolute Gasteiger partial charge is 0.275 e. The van der Waals surface area contributed by atoms with Crippen molar-refractivity contribution in [1.29, 1.82) is 0 Å². The van der Waals surface area contributed by atoms with E-state index in [-0.39, 0.29) is 5.56 Å². The Labute approximate surface area is 138 Å². The second kappa shape index (κ2) is 5.45. The third-order valence-corrected chi connectivity index (χ3v) is 4.12. The van der Waals surface area contributed by atoms with Crippen molar-refractivity contribution in [2.45, 2.75) is 6.92 Å². The Morgan fingerprint density at radius 3 is 2.67 bits per heavy atom. The summed E-state index contributed by atoms with van der Waals surface area (Å²) in [7, 11) is 1.87. The van der Waals surface area contributed by atoms with E-state index in [0.29, 0.717) is 11.2 Å². The zero-order chi connectivity index (χ0) is 16.7. The number of rotatable bonds is 2. The molecule has 118 valence electrons. The first-order valence-electron chi connectivity index (χ1n) is 7.71. The summed E-state index contributed by atoms with van der Waals surface area (Å²) in [4.78, 5) is 17.6. The predicted octanol–water partition coefficient (Wildman–Crippen LogP) is 3.09. The molecule has 4 rings (SSSR count). The Balaban J connectivity index is 2.09. The van der Waals surface area contributed by atoms with Crippen molar-refractivity contribution in [3.8, 4) is 16.9 Å². The van der Waals surface area contributed by atoms with Crippen molar-refractivity contribution >= 4 is 10.8 Å². The van der Waals surface area contributed by atoms with Crippen LogP contribution in [0.5, 0.6) is 0 Å². The number of aromatic nitrogens is 4. The van der Waals surface area contributed by atoms with Crippen LogP contribution in [0.25, 0.3) is 27.7 Å². The molecule has 0 bridgehead atoms. The molecule has 0 atom stereocenters. The van der Waals surface area contributed by atoms with E-state index in [1.54, 1.807) is 21.6 Å². The minimum absolute atomic E-state index is 0.0665. The molecular weight excluding hydrogens is 300 g/mol. The minimum Gasteiger partial charge on any atom is -0.275 e. The van der Waals surface area contributed by atoms with Gasteiger partial charge < -0.3 is 0 Å². The third-order valence-electron chi connectivity index (χ3n) is 4.12. The zero-order valence-corrected chi connectivity index (χ0v) is 13.5. The molecule has 0 N–H and O–H groups in total. The summed E-state index contributed by atoms with van der Waals surface area (Å²) in [6, 6.07) is 13.5. The van der Waals surface area contributed by atoms with E-state index in [1.165, 1.54) is 0 Å². The molecular formula is C19H16N4O. The van der Waals surface area contributed by atoms with Crippen LogP contribution >= 0.6 is 0 Å². The first kappa shape index (κ1) is 14.4. The smallest absolute Gasteiger partial charge is 0.264 e. The minimum atomic E-state index is -0.0665. The highest BCUT2D eigenvalue weighted by molar-refractivity contribution is 5.96. The third kappa shape index (κ3) is 2.22. The lowest BCUT2D eigenvalue weighted by Crippen LogP contribution is -2.22. The fourth-order valence-electron chi connectivity index (χ4n) is 3.06. The second-order valence-corrected chi connectivity index (χ2v) is 5.79. The van der Waals surface area contributed by atoms with Gasteiger partial charge in [-0.05, 0) is 36.1 Å². The van der Waals surface area contributed by atoms with Crippen molar-refractivity contribution in [3.63, 3.8) is 0 Å². The van der Waals surface area contributed by atoms with Crippen molar-refractivity contribution in [2.75, 3.05) is 0 Å². The highest BCUT2D eigenvalue weighted by atomic mass is 16.1. The lowest BCUT2D eigenvalue weighted by atomic mass is 10.0. The molecule has 0 aliphatic heterocycles. The Hall–Kier alpha value is -3.21. The number of hydrogen-bond donors (Lipinski definition) is 0. The van der Waals surface area contributed by atoms with Gasteiger partial charge in [0.05, 0.1) is 11.6 Å². The number of pyridine rings is 2. The summed E-state index contributed by atoms with van der Waals surface area (Å²) in [5, 5.41) is 5.83. The Bertz CT molecular complexity index is 1090. The van der Waals surface area contributed by atoms with Crippen LogP contribution < -0.4 is 5.56 Å². The van der Waals surface area contributed by atoms with E-state index in [4.69, 9.17) is 0 Å². The normalized spacial score (nSPS) is 11.1. The van der Waals surface area contributed by atoms with Crippen molar-refractivity contribution in [3.05, 3.63) is 77.1 Å². The van der Waals surface area contributed by atoms with E-state index >= 15 is 0 Å². The van der Waals surface area contributed by atoms with Gasteiger partial charge in [-0.15, -0.1) is 0 Å². The monoisotopic (exact) mass is 316 g/mol. The summed E-state index contributed by atoms with van der Waals surface area (Å²) >= 11 is 0. The van der Waals surface area contributed by atoms with E-state index in [0.717, 1.165) is 22.2 Å². The topological polar surface area (TPSA) is 52.7 Å². The lowest BCUT2D eigenvalue weighted by molar-refractivity contribution is 0.768. The van der Waals surface area contributed by atoms with E-state index in [9.17, 15) is 4.79 Å². The fourth-order valence-corrected chi connectivity index (χ4v) is 3.06. The fraction of sp³-hybridized carbons (Fsp3) is 0.105. The number of fused-ring (bicyclic) bond motifs is 1. The van der Waals surface area contributed by atoms with Gasteiger partial charge in [0, 0.05) is 30.7 Å². The van der Waals surface area contributed by atoms with Crippen LogP contribution in [0.15, 0.2) is 65.8 Å². The average Bonchev–Trinajstić information content (AvgIpc) is 3.01. The van der Waals surface area contributed by atoms with Gasteiger partial charge in [-0.3, -0.25) is 14.0 Å². The summed E-state index contributed by atoms with van der Waals surface area (Å²) < 4.78 is 3.39. The molecule has 0 aliphatic rings. The molecule has 0 saturated carbocycles. The summed E-state index contributed by atoms with van der Waals surface area (Å²) in [5.41, 5.74) is 2.60. The standard InChI is InChI=1S/C19H16N4O/c1-13-10-14-6-5-7-16(15-11-21-22(2)12-15)18(14)19(24)23(13)17-8-3-4-9-20-17/h3-12H,1-2H3. The van der Waals surface area contributed by atoms with Gasteiger partial charge in [-0.2, -0.15) is 5.10 Å². The van der Waals surface area contributed by atoms with Crippen LogP contribution in [-0.4, -0.2) is 19.3 Å². The quantitative estimate of drug-likeness (QED) is 0.571. The Kier molecular flexibility index (Phi) is 3.27. The van der Waals surface area contributed by atoms with Gasteiger partial charge in [0.25, 0.3) is 5.56 Å². The van der Waals surface area contributed by atoms with Crippen LogP contribution in [0.4, 0.5) is 0 Å². The van der Waals surface area contributed by atoms with Crippen molar-refractivity contribution in [2.24, 2.45) is 7.05 Å². The van der Waals surface area contributed by atoms with Gasteiger partial charge in [0.15, 0.2) is 0 Å². The molecule has 3 heterocycles. The van der Waals surface area contributed by atoms with Gasteiger partial charge in [0.1, 0.15) is 5.82 Å². The molecule has 0 spiro atoms. The van der Waals surface area contributed by atoms with Crippen molar-refractivity contribution in [1.82, 2.24) is 19.3 Å². The first-order valence-corrected chi connectivity index (χ1v) is 7.71. The molecule has 3 aromatic heterocycles. The number of hydrogen-bond acceptors (Lipinski definition) is 3. The maximum Gasteiger partial charge on any atom is 0.264 e. The Morgan fingerprint density at radius 2 is 1.96 bits per heavy atom. The molecule has 5 nitrogen and oxygen atoms in total. The van der Waals surface area contributed by atoms with Crippen LogP contribution in [0.1, 0.15) is 5.69 Å². The molecule has 1 aromatic carbocycles. The van der Waals surface area contributed by atoms with E-state index in [2.05, 4.69) is 10.1 Å². The highest BCUT2D eigenvalue weighted by Crippen LogP contribution is 2.26. The molecule has 0 unspecified atom stereocenters. The SMILES string of the molecule is Cc1cc2cccc(-c3cnn(C)c3)c2c(=O)n1-c1ccccn1. The molecule has 4 aromatic rings. The Morgan fingerprint density at radius 1 is 1.08 bits per heavy atom. The second-order valence-electron chi connectivity index (χ2n) is 5.79. The first-order chi connectivity index (χ1) is 11.6. The molecule has 0 fully saturated rings. The number of nitrogens with zero attached hydrogens (tertiary/aromatic N) is 4. The summed E-state index contributed by atoms with van der Waals surface area (Å²) in [6.07, 6.45) is 5.39. The number of aryl methyl sites for hydroxylation is 2. The van der Waals surface area contributed by atoms with Gasteiger partial charge in [-0.1, -0.05) is 24.3 Å². The van der Waals surface area contributed by atoms with Crippen LogP contribution in [0, 0.1) is 6.92 Å². The van der Waals surface area contributed by atoms with Gasteiger partial charge in [-0.25, -0.2) is 4.98 Å². The van der Waals surface area contributed by atoms with E-state index in [1.807, 2.05) is 62.6 Å². The van der Waals surface area contributed by atoms with Gasteiger partial charge in [0.2, 0.25) is 0 Å². The maximum absolute atomic E-state index is 13.2. The predicted molar refractivity (Wildman–Crippen MR) is 94.3 cm³/mol.